The lowest BCUT2D eigenvalue weighted by Gasteiger charge is -2.00. The summed E-state index contributed by atoms with van der Waals surface area (Å²) in [6.45, 7) is 2.03. The zero-order valence-electron chi connectivity index (χ0n) is 8.24. The highest BCUT2D eigenvalue weighted by Crippen LogP contribution is 2.22. The molecule has 3 heteroatoms. The maximum Gasteiger partial charge on any atom is 0.0929 e. The molecule has 0 bridgehead atoms. The molecule has 1 aromatic heterocycles. The Kier molecular flexibility index (Phi) is 2.59. The number of thioether (sulfide) groups is 1. The van der Waals surface area contributed by atoms with Gasteiger partial charge in [-0.1, -0.05) is 12.1 Å². The van der Waals surface area contributed by atoms with Crippen molar-refractivity contribution in [2.24, 2.45) is 0 Å². The van der Waals surface area contributed by atoms with Gasteiger partial charge in [0.15, 0.2) is 0 Å². The van der Waals surface area contributed by atoms with Gasteiger partial charge in [0.1, 0.15) is 0 Å². The summed E-state index contributed by atoms with van der Waals surface area (Å²) >= 11 is 1.75. The number of hydrogen-bond acceptors (Lipinski definition) is 2. The maximum absolute atomic E-state index is 4.28. The minimum Gasteiger partial charge on any atom is -0.348 e. The van der Waals surface area contributed by atoms with Crippen LogP contribution in [0.15, 0.2) is 35.5 Å². The molecule has 0 amide bonds. The van der Waals surface area contributed by atoms with Crippen molar-refractivity contribution in [3.8, 4) is 11.3 Å². The Bertz CT molecular complexity index is 417. The van der Waals surface area contributed by atoms with E-state index in [1.807, 2.05) is 6.92 Å². The second kappa shape index (κ2) is 3.88. The van der Waals surface area contributed by atoms with Crippen molar-refractivity contribution in [2.45, 2.75) is 11.8 Å². The van der Waals surface area contributed by atoms with Gasteiger partial charge in [-0.15, -0.1) is 11.8 Å². The van der Waals surface area contributed by atoms with Crippen LogP contribution in [0, 0.1) is 6.92 Å². The van der Waals surface area contributed by atoms with E-state index in [1.54, 1.807) is 18.1 Å². The summed E-state index contributed by atoms with van der Waals surface area (Å²) in [5, 5.41) is 0. The number of hydrogen-bond donors (Lipinski definition) is 1. The molecule has 0 saturated carbocycles. The molecule has 1 aromatic carbocycles. The zero-order chi connectivity index (χ0) is 9.97. The normalized spacial score (nSPS) is 10.4. The van der Waals surface area contributed by atoms with Crippen LogP contribution in [0.2, 0.25) is 0 Å². The predicted molar refractivity (Wildman–Crippen MR) is 60.5 cm³/mol. The third-order valence-corrected chi connectivity index (χ3v) is 2.94. The van der Waals surface area contributed by atoms with E-state index in [0.29, 0.717) is 0 Å². The Hall–Kier alpha value is -1.22. The minimum atomic E-state index is 1.04. The molecule has 0 aliphatic rings. The molecule has 0 unspecified atom stereocenters. The standard InChI is InChI=1S/C11H12N2S/c1-8-11(13-7-12-8)9-3-5-10(14-2)6-4-9/h3-7H,1-2H3,(H,12,13). The van der Waals surface area contributed by atoms with Crippen molar-refractivity contribution in [1.29, 1.82) is 0 Å². The van der Waals surface area contributed by atoms with Gasteiger partial charge in [-0.3, -0.25) is 0 Å². The van der Waals surface area contributed by atoms with Gasteiger partial charge >= 0.3 is 0 Å². The molecular weight excluding hydrogens is 192 g/mol. The number of aromatic nitrogens is 2. The Morgan fingerprint density at radius 1 is 1.21 bits per heavy atom. The number of benzene rings is 1. The molecular formula is C11H12N2S. The summed E-state index contributed by atoms with van der Waals surface area (Å²) in [4.78, 5) is 8.64. The van der Waals surface area contributed by atoms with Crippen LogP contribution in [0.1, 0.15) is 5.69 Å². The van der Waals surface area contributed by atoms with Crippen LogP contribution in [0.4, 0.5) is 0 Å². The molecule has 0 atom stereocenters. The van der Waals surface area contributed by atoms with Crippen molar-refractivity contribution >= 4 is 11.8 Å². The highest BCUT2D eigenvalue weighted by molar-refractivity contribution is 7.98. The molecule has 14 heavy (non-hydrogen) atoms. The molecule has 2 aromatic rings. The molecule has 0 fully saturated rings. The van der Waals surface area contributed by atoms with E-state index < -0.39 is 0 Å². The summed E-state index contributed by atoms with van der Waals surface area (Å²) in [6, 6.07) is 8.45. The number of aromatic amines is 1. The highest BCUT2D eigenvalue weighted by Gasteiger charge is 2.03. The van der Waals surface area contributed by atoms with E-state index >= 15 is 0 Å². The van der Waals surface area contributed by atoms with Crippen molar-refractivity contribution in [3.63, 3.8) is 0 Å². The van der Waals surface area contributed by atoms with E-state index in [2.05, 4.69) is 40.5 Å². The molecule has 2 nitrogen and oxygen atoms in total. The zero-order valence-corrected chi connectivity index (χ0v) is 9.06. The quantitative estimate of drug-likeness (QED) is 0.761. The monoisotopic (exact) mass is 204 g/mol. The molecule has 0 aliphatic heterocycles. The Morgan fingerprint density at radius 2 is 1.93 bits per heavy atom. The van der Waals surface area contributed by atoms with Gasteiger partial charge in [-0.2, -0.15) is 0 Å². The lowest BCUT2D eigenvalue weighted by Crippen LogP contribution is -1.81. The first-order chi connectivity index (χ1) is 6.81. The van der Waals surface area contributed by atoms with Crippen LogP contribution in [0.25, 0.3) is 11.3 Å². The van der Waals surface area contributed by atoms with Crippen LogP contribution >= 0.6 is 11.8 Å². The minimum absolute atomic E-state index is 1.04. The summed E-state index contributed by atoms with van der Waals surface area (Å²) in [7, 11) is 0. The van der Waals surface area contributed by atoms with Crippen LogP contribution < -0.4 is 0 Å². The first kappa shape index (κ1) is 9.34. The van der Waals surface area contributed by atoms with Crippen molar-refractivity contribution in [3.05, 3.63) is 36.3 Å². The Balaban J connectivity index is 2.39. The second-order valence-corrected chi connectivity index (χ2v) is 3.98. The van der Waals surface area contributed by atoms with Crippen molar-refractivity contribution in [1.82, 2.24) is 9.97 Å². The fourth-order valence-electron chi connectivity index (χ4n) is 1.40. The van der Waals surface area contributed by atoms with E-state index in [4.69, 9.17) is 0 Å². The number of nitrogens with zero attached hydrogens (tertiary/aromatic N) is 1. The number of imidazole rings is 1. The number of rotatable bonds is 2. The maximum atomic E-state index is 4.28. The van der Waals surface area contributed by atoms with Gasteiger partial charge in [0.25, 0.3) is 0 Å². The molecule has 2 rings (SSSR count). The van der Waals surface area contributed by atoms with Gasteiger partial charge in [-0.05, 0) is 25.3 Å². The summed E-state index contributed by atoms with van der Waals surface area (Å²) in [5.74, 6) is 0. The average molecular weight is 204 g/mol. The van der Waals surface area contributed by atoms with Gasteiger partial charge < -0.3 is 4.98 Å². The summed E-state index contributed by atoms with van der Waals surface area (Å²) in [6.07, 6.45) is 3.81. The van der Waals surface area contributed by atoms with Gasteiger partial charge in [0, 0.05) is 16.2 Å². The summed E-state index contributed by atoms with van der Waals surface area (Å²) < 4.78 is 0. The van der Waals surface area contributed by atoms with Crippen molar-refractivity contribution in [2.75, 3.05) is 6.26 Å². The first-order valence-corrected chi connectivity index (χ1v) is 5.68. The topological polar surface area (TPSA) is 28.7 Å². The largest absolute Gasteiger partial charge is 0.348 e. The fraction of sp³-hybridized carbons (Fsp3) is 0.182. The van der Waals surface area contributed by atoms with Crippen LogP contribution in [-0.2, 0) is 0 Å². The second-order valence-electron chi connectivity index (χ2n) is 3.10. The third-order valence-electron chi connectivity index (χ3n) is 2.19. The van der Waals surface area contributed by atoms with Crippen LogP contribution in [0.3, 0.4) is 0 Å². The van der Waals surface area contributed by atoms with E-state index in [9.17, 15) is 0 Å². The van der Waals surface area contributed by atoms with Gasteiger partial charge in [0.2, 0.25) is 0 Å². The van der Waals surface area contributed by atoms with Gasteiger partial charge in [0.05, 0.1) is 12.0 Å². The first-order valence-electron chi connectivity index (χ1n) is 4.45. The SMILES string of the molecule is CSc1ccc(-c2nc[nH]c2C)cc1. The predicted octanol–water partition coefficient (Wildman–Crippen LogP) is 3.11. The molecule has 0 spiro atoms. The highest BCUT2D eigenvalue weighted by atomic mass is 32.2. The fourth-order valence-corrected chi connectivity index (χ4v) is 1.81. The molecule has 1 N–H and O–H groups in total. The smallest absolute Gasteiger partial charge is 0.0929 e. The van der Waals surface area contributed by atoms with Crippen molar-refractivity contribution < 1.29 is 0 Å². The van der Waals surface area contributed by atoms with E-state index in [0.717, 1.165) is 11.4 Å². The average Bonchev–Trinajstić information content (AvgIpc) is 2.65. The molecule has 0 saturated heterocycles. The number of nitrogens with one attached hydrogen (secondary N) is 1. The summed E-state index contributed by atoms with van der Waals surface area (Å²) in [5.41, 5.74) is 3.32. The third kappa shape index (κ3) is 1.68. The van der Waals surface area contributed by atoms with E-state index in [-0.39, 0.29) is 0 Å². The molecule has 0 aliphatic carbocycles. The molecule has 72 valence electrons. The lowest BCUT2D eigenvalue weighted by atomic mass is 10.1. The number of aryl methyl sites for hydroxylation is 1. The Labute approximate surface area is 87.8 Å². The lowest BCUT2D eigenvalue weighted by molar-refractivity contribution is 1.25. The van der Waals surface area contributed by atoms with Crippen LogP contribution in [-0.4, -0.2) is 16.2 Å². The van der Waals surface area contributed by atoms with E-state index in [1.165, 1.54) is 10.5 Å². The number of H-pyrrole nitrogens is 1. The van der Waals surface area contributed by atoms with Crippen LogP contribution in [0.5, 0.6) is 0 Å². The Morgan fingerprint density at radius 3 is 2.43 bits per heavy atom. The molecule has 1 heterocycles. The molecule has 0 radical (unpaired) electrons. The van der Waals surface area contributed by atoms with Gasteiger partial charge in [-0.25, -0.2) is 4.98 Å².